The van der Waals surface area contributed by atoms with Gasteiger partial charge in [-0.2, -0.15) is 0 Å². The van der Waals surface area contributed by atoms with E-state index in [2.05, 4.69) is 4.98 Å². The second-order valence-corrected chi connectivity index (χ2v) is 9.07. The van der Waals surface area contributed by atoms with Crippen LogP contribution in [0, 0.1) is 13.8 Å². The molecule has 36 heavy (non-hydrogen) atoms. The Morgan fingerprint density at radius 2 is 1.75 bits per heavy atom. The predicted molar refractivity (Wildman–Crippen MR) is 139 cm³/mol. The monoisotopic (exact) mass is 504 g/mol. The van der Waals surface area contributed by atoms with Crippen molar-refractivity contribution in [2.24, 2.45) is 0 Å². The number of benzene rings is 3. The van der Waals surface area contributed by atoms with Crippen molar-refractivity contribution in [2.75, 3.05) is 6.61 Å². The summed E-state index contributed by atoms with van der Waals surface area (Å²) >= 11 is 5.90. The van der Waals surface area contributed by atoms with Gasteiger partial charge in [0.25, 0.3) is 11.5 Å². The number of ether oxygens (including phenoxy) is 1. The number of halogens is 1. The van der Waals surface area contributed by atoms with E-state index >= 15 is 0 Å². The zero-order chi connectivity index (χ0) is 25.8. The Labute approximate surface area is 212 Å². The van der Waals surface area contributed by atoms with E-state index in [4.69, 9.17) is 16.3 Å². The lowest BCUT2D eigenvalue weighted by Crippen LogP contribution is -2.36. The molecule has 1 amide bonds. The van der Waals surface area contributed by atoms with Crippen molar-refractivity contribution in [2.45, 2.75) is 26.9 Å². The van der Waals surface area contributed by atoms with Crippen molar-refractivity contribution in [1.82, 2.24) is 9.88 Å². The number of aromatic nitrogens is 1. The molecular weight excluding hydrogens is 480 g/mol. The summed E-state index contributed by atoms with van der Waals surface area (Å²) in [6, 6.07) is 19.4. The third-order valence-electron chi connectivity index (χ3n) is 5.84. The number of rotatable bonds is 8. The molecule has 1 heterocycles. The molecule has 2 N–H and O–H groups in total. The summed E-state index contributed by atoms with van der Waals surface area (Å²) in [6.45, 7) is 3.85. The molecule has 0 spiro atoms. The van der Waals surface area contributed by atoms with E-state index < -0.39 is 18.5 Å². The lowest BCUT2D eigenvalue weighted by molar-refractivity contribution is -0.134. The van der Waals surface area contributed by atoms with Crippen LogP contribution in [0.3, 0.4) is 0 Å². The number of aryl methyl sites for hydroxylation is 2. The molecular formula is C28H25ClN2O5. The molecule has 0 saturated carbocycles. The molecule has 4 rings (SSSR count). The van der Waals surface area contributed by atoms with Gasteiger partial charge in [-0.1, -0.05) is 48.0 Å². The molecule has 0 aliphatic heterocycles. The van der Waals surface area contributed by atoms with Crippen molar-refractivity contribution >= 4 is 34.4 Å². The lowest BCUT2D eigenvalue weighted by atomic mass is 10.0. The fourth-order valence-corrected chi connectivity index (χ4v) is 4.27. The summed E-state index contributed by atoms with van der Waals surface area (Å²) in [5.41, 5.74) is 3.73. The molecule has 0 unspecified atom stereocenters. The van der Waals surface area contributed by atoms with Gasteiger partial charge in [-0.15, -0.1) is 0 Å². The highest BCUT2D eigenvalue weighted by Gasteiger charge is 2.20. The summed E-state index contributed by atoms with van der Waals surface area (Å²) in [4.78, 5) is 42.2. The molecule has 8 heteroatoms. The predicted octanol–water partition coefficient (Wildman–Crippen LogP) is 5.10. The van der Waals surface area contributed by atoms with Crippen LogP contribution in [0.4, 0.5) is 0 Å². The fraction of sp³-hybridized carbons (Fsp3) is 0.179. The standard InChI is InChI=1S/C28H25ClN2O5/c1-17-10-18(2)22-12-20(27(33)30-24(22)11-17)15-31(14-19-6-4-3-5-7-19)26(32)16-36-25-9-8-21(29)13-23(25)28(34)35/h3-13H,14-16H2,1-2H3,(H,30,33)(H,34,35). The summed E-state index contributed by atoms with van der Waals surface area (Å²) < 4.78 is 5.59. The number of amides is 1. The van der Waals surface area contributed by atoms with E-state index in [1.807, 2.05) is 62.4 Å². The number of nitrogens with one attached hydrogen (secondary N) is 1. The molecule has 7 nitrogen and oxygen atoms in total. The van der Waals surface area contributed by atoms with Gasteiger partial charge in [0, 0.05) is 28.0 Å². The number of carboxylic acid groups (broad SMARTS) is 1. The van der Waals surface area contributed by atoms with Crippen LogP contribution in [0.1, 0.15) is 32.6 Å². The second kappa shape index (κ2) is 10.7. The normalized spacial score (nSPS) is 10.9. The topological polar surface area (TPSA) is 99.7 Å². The molecule has 3 aromatic carbocycles. The molecule has 0 bridgehead atoms. The summed E-state index contributed by atoms with van der Waals surface area (Å²) in [6.07, 6.45) is 0. The smallest absolute Gasteiger partial charge is 0.339 e. The largest absolute Gasteiger partial charge is 0.483 e. The molecule has 184 valence electrons. The van der Waals surface area contributed by atoms with E-state index in [0.717, 1.165) is 27.6 Å². The Balaban J connectivity index is 1.62. The molecule has 0 aliphatic carbocycles. The van der Waals surface area contributed by atoms with Crippen LogP contribution >= 0.6 is 11.6 Å². The van der Waals surface area contributed by atoms with Gasteiger partial charge in [-0.05, 0) is 60.9 Å². The SMILES string of the molecule is Cc1cc(C)c2cc(CN(Cc3ccccc3)C(=O)COc3ccc(Cl)cc3C(=O)O)c(=O)[nH]c2c1. The van der Waals surface area contributed by atoms with Crippen LogP contribution in [0.25, 0.3) is 10.9 Å². The molecule has 0 aliphatic rings. The minimum Gasteiger partial charge on any atom is -0.483 e. The summed E-state index contributed by atoms with van der Waals surface area (Å²) in [7, 11) is 0. The van der Waals surface area contributed by atoms with E-state index in [1.165, 1.54) is 23.1 Å². The zero-order valence-corrected chi connectivity index (χ0v) is 20.6. The maximum atomic E-state index is 13.3. The Morgan fingerprint density at radius 1 is 1.00 bits per heavy atom. The first kappa shape index (κ1) is 25.0. The molecule has 0 fully saturated rings. The zero-order valence-electron chi connectivity index (χ0n) is 19.9. The van der Waals surface area contributed by atoms with Crippen LogP contribution in [0.2, 0.25) is 5.02 Å². The number of H-pyrrole nitrogens is 1. The number of carbonyl (C=O) groups is 2. The van der Waals surface area contributed by atoms with E-state index in [9.17, 15) is 19.5 Å². The van der Waals surface area contributed by atoms with E-state index in [-0.39, 0.29) is 35.0 Å². The number of hydrogen-bond acceptors (Lipinski definition) is 4. The van der Waals surface area contributed by atoms with Crippen LogP contribution < -0.4 is 10.3 Å². The number of nitrogens with zero attached hydrogens (tertiary/aromatic N) is 1. The van der Waals surface area contributed by atoms with Crippen molar-refractivity contribution in [1.29, 1.82) is 0 Å². The van der Waals surface area contributed by atoms with Gasteiger partial charge in [-0.3, -0.25) is 9.59 Å². The van der Waals surface area contributed by atoms with Crippen molar-refractivity contribution in [3.05, 3.63) is 110 Å². The van der Waals surface area contributed by atoms with Gasteiger partial charge in [0.2, 0.25) is 0 Å². The third-order valence-corrected chi connectivity index (χ3v) is 6.08. The first-order valence-corrected chi connectivity index (χ1v) is 11.7. The van der Waals surface area contributed by atoms with Gasteiger partial charge in [0.15, 0.2) is 6.61 Å². The first-order valence-electron chi connectivity index (χ1n) is 11.3. The van der Waals surface area contributed by atoms with Gasteiger partial charge in [0.1, 0.15) is 11.3 Å². The van der Waals surface area contributed by atoms with Crippen LogP contribution in [0.5, 0.6) is 5.75 Å². The first-order chi connectivity index (χ1) is 17.2. The molecule has 0 saturated heterocycles. The van der Waals surface area contributed by atoms with Gasteiger partial charge >= 0.3 is 5.97 Å². The number of fused-ring (bicyclic) bond motifs is 1. The summed E-state index contributed by atoms with van der Waals surface area (Å²) in [5, 5.41) is 10.6. The van der Waals surface area contributed by atoms with Crippen molar-refractivity contribution in [3.8, 4) is 5.75 Å². The van der Waals surface area contributed by atoms with Crippen LogP contribution in [0.15, 0.2) is 71.5 Å². The maximum Gasteiger partial charge on any atom is 0.339 e. The van der Waals surface area contributed by atoms with Crippen molar-refractivity contribution < 1.29 is 19.4 Å². The lowest BCUT2D eigenvalue weighted by Gasteiger charge is -2.23. The Bertz CT molecular complexity index is 1500. The highest BCUT2D eigenvalue weighted by atomic mass is 35.5. The number of aromatic carboxylic acids is 1. The van der Waals surface area contributed by atoms with E-state index in [0.29, 0.717) is 5.56 Å². The summed E-state index contributed by atoms with van der Waals surface area (Å²) in [5.74, 6) is -1.57. The van der Waals surface area contributed by atoms with E-state index in [1.54, 1.807) is 0 Å². The molecule has 1 aromatic heterocycles. The highest BCUT2D eigenvalue weighted by molar-refractivity contribution is 6.31. The van der Waals surface area contributed by atoms with Gasteiger partial charge in [-0.25, -0.2) is 4.79 Å². The van der Waals surface area contributed by atoms with Gasteiger partial charge < -0.3 is 19.7 Å². The molecule has 4 aromatic rings. The Hall–Kier alpha value is -4.10. The maximum absolute atomic E-state index is 13.3. The Morgan fingerprint density at radius 3 is 2.47 bits per heavy atom. The van der Waals surface area contributed by atoms with Crippen LogP contribution in [-0.4, -0.2) is 33.5 Å². The Kier molecular flexibility index (Phi) is 7.41. The van der Waals surface area contributed by atoms with Gasteiger partial charge in [0.05, 0.1) is 6.54 Å². The number of carbonyl (C=O) groups excluding carboxylic acids is 1. The average Bonchev–Trinajstić information content (AvgIpc) is 2.83. The fourth-order valence-electron chi connectivity index (χ4n) is 4.10. The number of aromatic amines is 1. The molecule has 0 radical (unpaired) electrons. The minimum atomic E-state index is -1.21. The highest BCUT2D eigenvalue weighted by Crippen LogP contribution is 2.24. The third kappa shape index (κ3) is 5.75. The second-order valence-electron chi connectivity index (χ2n) is 8.64. The van der Waals surface area contributed by atoms with Crippen LogP contribution in [-0.2, 0) is 17.9 Å². The quantitative estimate of drug-likeness (QED) is 0.347. The van der Waals surface area contributed by atoms with Crippen molar-refractivity contribution in [3.63, 3.8) is 0 Å². The molecule has 0 atom stereocenters. The number of carboxylic acids is 1. The number of pyridine rings is 1. The minimum absolute atomic E-state index is 0.0365. The average molecular weight is 505 g/mol. The number of hydrogen-bond donors (Lipinski definition) is 2.